The molecule has 27 heavy (non-hydrogen) atoms. The molecule has 140 valence electrons. The molecule has 0 fully saturated rings. The molecule has 0 aliphatic carbocycles. The summed E-state index contributed by atoms with van der Waals surface area (Å²) in [5.41, 5.74) is 3.23. The maximum Gasteiger partial charge on any atom is 0.124 e. The molecule has 0 atom stereocenters. The molecule has 0 saturated carbocycles. The molecule has 3 aromatic rings. The smallest absolute Gasteiger partial charge is 0.124 e. The molecular weight excluding hydrogens is 340 g/mol. The Morgan fingerprint density at radius 1 is 0.481 bits per heavy atom. The van der Waals surface area contributed by atoms with Gasteiger partial charge in [0, 0.05) is 48.4 Å². The van der Waals surface area contributed by atoms with Crippen molar-refractivity contribution in [3.05, 3.63) is 89.0 Å². The molecule has 3 rings (SSSR count). The summed E-state index contributed by atoms with van der Waals surface area (Å²) in [5.74, 6) is 0.778. The zero-order valence-electron chi connectivity index (χ0n) is 15.0. The zero-order valence-corrected chi connectivity index (χ0v) is 15.0. The Labute approximate surface area is 158 Å². The normalized spacial score (nSPS) is 10.8. The van der Waals surface area contributed by atoms with E-state index in [2.05, 4.69) is 10.6 Å². The summed E-state index contributed by atoms with van der Waals surface area (Å²) in [4.78, 5) is 0. The van der Waals surface area contributed by atoms with Crippen LogP contribution in [0.1, 0.15) is 22.3 Å². The van der Waals surface area contributed by atoms with Crippen LogP contribution < -0.4 is 10.6 Å². The van der Waals surface area contributed by atoms with E-state index >= 15 is 0 Å². The van der Waals surface area contributed by atoms with E-state index in [9.17, 15) is 15.3 Å². The molecule has 3 aromatic carbocycles. The first-order valence-corrected chi connectivity index (χ1v) is 8.90. The molecule has 0 heterocycles. The van der Waals surface area contributed by atoms with Crippen molar-refractivity contribution < 1.29 is 15.3 Å². The number of benzene rings is 3. The van der Waals surface area contributed by atoms with Crippen LogP contribution >= 0.6 is 0 Å². The highest BCUT2D eigenvalue weighted by Crippen LogP contribution is 2.23. The predicted molar refractivity (Wildman–Crippen MR) is 105 cm³/mol. The van der Waals surface area contributed by atoms with E-state index in [1.54, 1.807) is 24.3 Å². The summed E-state index contributed by atoms with van der Waals surface area (Å²) >= 11 is 0. The van der Waals surface area contributed by atoms with E-state index in [0.29, 0.717) is 26.2 Å². The lowest BCUT2D eigenvalue weighted by molar-refractivity contribution is 0.450. The highest BCUT2D eigenvalue weighted by molar-refractivity contribution is 5.40. The third-order valence-electron chi connectivity index (χ3n) is 4.45. The molecule has 0 aliphatic heterocycles. The van der Waals surface area contributed by atoms with Gasteiger partial charge in [0.05, 0.1) is 0 Å². The van der Waals surface area contributed by atoms with Crippen LogP contribution in [-0.2, 0) is 26.2 Å². The largest absolute Gasteiger partial charge is 0.508 e. The first-order valence-electron chi connectivity index (χ1n) is 8.90. The molecule has 0 amide bonds. The van der Waals surface area contributed by atoms with Crippen LogP contribution in [0.25, 0.3) is 0 Å². The lowest BCUT2D eigenvalue weighted by Gasteiger charge is -2.12. The van der Waals surface area contributed by atoms with Crippen LogP contribution in [0.3, 0.4) is 0 Å². The monoisotopic (exact) mass is 364 g/mol. The van der Waals surface area contributed by atoms with Crippen molar-refractivity contribution in [3.63, 3.8) is 0 Å². The summed E-state index contributed by atoms with van der Waals surface area (Å²) < 4.78 is 0. The lowest BCUT2D eigenvalue weighted by Crippen LogP contribution is -2.15. The Morgan fingerprint density at radius 3 is 1.30 bits per heavy atom. The Bertz CT molecular complexity index is 826. The van der Waals surface area contributed by atoms with E-state index in [0.717, 1.165) is 22.3 Å². The van der Waals surface area contributed by atoms with Crippen molar-refractivity contribution in [3.8, 4) is 17.2 Å². The van der Waals surface area contributed by atoms with Gasteiger partial charge in [0.1, 0.15) is 17.2 Å². The molecule has 0 aliphatic rings. The van der Waals surface area contributed by atoms with Crippen LogP contribution in [0.5, 0.6) is 17.2 Å². The van der Waals surface area contributed by atoms with Crippen LogP contribution in [0, 0.1) is 0 Å². The van der Waals surface area contributed by atoms with Crippen molar-refractivity contribution in [2.75, 3.05) is 0 Å². The average Bonchev–Trinajstić information content (AvgIpc) is 2.67. The summed E-state index contributed by atoms with van der Waals surface area (Å²) in [5, 5.41) is 36.6. The molecule has 0 unspecified atom stereocenters. The lowest BCUT2D eigenvalue weighted by atomic mass is 10.1. The number of nitrogens with one attached hydrogen (secondary N) is 2. The van der Waals surface area contributed by atoms with Crippen molar-refractivity contribution in [1.82, 2.24) is 10.6 Å². The number of hydrogen-bond donors (Lipinski definition) is 5. The summed E-state index contributed by atoms with van der Waals surface area (Å²) in [6.07, 6.45) is 0. The van der Waals surface area contributed by atoms with E-state index in [-0.39, 0.29) is 17.2 Å². The minimum Gasteiger partial charge on any atom is -0.508 e. The molecule has 5 N–H and O–H groups in total. The second-order valence-corrected chi connectivity index (χ2v) is 6.39. The highest BCUT2D eigenvalue weighted by atomic mass is 16.3. The Morgan fingerprint density at radius 2 is 0.852 bits per heavy atom. The van der Waals surface area contributed by atoms with E-state index < -0.39 is 0 Å². The van der Waals surface area contributed by atoms with E-state index in [1.807, 2.05) is 42.5 Å². The van der Waals surface area contributed by atoms with Crippen molar-refractivity contribution in [2.45, 2.75) is 26.2 Å². The molecule has 5 heteroatoms. The topological polar surface area (TPSA) is 84.8 Å². The fourth-order valence-corrected chi connectivity index (χ4v) is 2.91. The standard InChI is InChI=1S/C22H24N2O3/c25-20-10-3-1-6-16(20)12-23-14-18-8-5-9-19(22(18)27)15-24-13-17-7-2-4-11-21(17)26/h1-11,23-27H,12-15H2. The molecule has 0 spiro atoms. The van der Waals surface area contributed by atoms with Gasteiger partial charge in [0.25, 0.3) is 0 Å². The number of rotatable bonds is 8. The SMILES string of the molecule is Oc1ccccc1CNCc1cccc(CNCc2ccccc2O)c1O. The fraction of sp³-hybridized carbons (Fsp3) is 0.182. The minimum atomic E-state index is 0.257. The number of phenols is 3. The number of phenolic OH excluding ortho intramolecular Hbond substituents is 3. The van der Waals surface area contributed by atoms with Gasteiger partial charge in [0.15, 0.2) is 0 Å². The average molecular weight is 364 g/mol. The quantitative estimate of drug-likeness (QED) is 0.423. The van der Waals surface area contributed by atoms with Crippen molar-refractivity contribution in [1.29, 1.82) is 0 Å². The summed E-state index contributed by atoms with van der Waals surface area (Å²) in [7, 11) is 0. The Hall–Kier alpha value is -3.02. The Balaban J connectivity index is 1.55. The first kappa shape index (κ1) is 18.8. The van der Waals surface area contributed by atoms with Gasteiger partial charge in [-0.3, -0.25) is 0 Å². The number of hydrogen-bond acceptors (Lipinski definition) is 5. The third kappa shape index (κ3) is 5.00. The second kappa shape index (κ2) is 9.07. The first-order chi connectivity index (χ1) is 13.1. The molecular formula is C22H24N2O3. The molecule has 0 bridgehead atoms. The zero-order chi connectivity index (χ0) is 19.1. The summed E-state index contributed by atoms with van der Waals surface area (Å²) in [6.45, 7) is 2.02. The van der Waals surface area contributed by atoms with Gasteiger partial charge in [-0.05, 0) is 12.1 Å². The van der Waals surface area contributed by atoms with Crippen LogP contribution in [0.4, 0.5) is 0 Å². The van der Waals surface area contributed by atoms with Crippen LogP contribution in [-0.4, -0.2) is 15.3 Å². The fourth-order valence-electron chi connectivity index (χ4n) is 2.91. The van der Waals surface area contributed by atoms with Crippen LogP contribution in [0.2, 0.25) is 0 Å². The van der Waals surface area contributed by atoms with Gasteiger partial charge in [-0.25, -0.2) is 0 Å². The molecule has 5 nitrogen and oxygen atoms in total. The second-order valence-electron chi connectivity index (χ2n) is 6.39. The van der Waals surface area contributed by atoms with E-state index in [4.69, 9.17) is 0 Å². The van der Waals surface area contributed by atoms with Gasteiger partial charge in [-0.15, -0.1) is 0 Å². The van der Waals surface area contributed by atoms with Crippen molar-refractivity contribution >= 4 is 0 Å². The van der Waals surface area contributed by atoms with Gasteiger partial charge < -0.3 is 26.0 Å². The maximum atomic E-state index is 10.5. The third-order valence-corrected chi connectivity index (χ3v) is 4.45. The summed E-state index contributed by atoms with van der Waals surface area (Å²) in [6, 6.07) is 20.0. The minimum absolute atomic E-state index is 0.257. The van der Waals surface area contributed by atoms with Gasteiger partial charge in [-0.2, -0.15) is 0 Å². The van der Waals surface area contributed by atoms with Crippen molar-refractivity contribution in [2.24, 2.45) is 0 Å². The number of aromatic hydroxyl groups is 3. The predicted octanol–water partition coefficient (Wildman–Crippen LogP) is 3.38. The van der Waals surface area contributed by atoms with Gasteiger partial charge in [-0.1, -0.05) is 54.6 Å². The number of para-hydroxylation sites is 3. The molecule has 0 aromatic heterocycles. The van der Waals surface area contributed by atoms with Gasteiger partial charge in [0.2, 0.25) is 0 Å². The molecule has 0 radical (unpaired) electrons. The Kier molecular flexibility index (Phi) is 6.30. The maximum absolute atomic E-state index is 10.5. The van der Waals surface area contributed by atoms with E-state index in [1.165, 1.54) is 0 Å². The highest BCUT2D eigenvalue weighted by Gasteiger charge is 2.08. The molecule has 0 saturated heterocycles. The van der Waals surface area contributed by atoms with Crippen LogP contribution in [0.15, 0.2) is 66.7 Å². The van der Waals surface area contributed by atoms with Gasteiger partial charge >= 0.3 is 0 Å².